The number of alkyl halides is 1. The molecule has 0 radical (unpaired) electrons. The Balaban J connectivity index is 2.76. The van der Waals surface area contributed by atoms with E-state index in [0.717, 1.165) is 6.29 Å². The summed E-state index contributed by atoms with van der Waals surface area (Å²) < 4.78 is 10.4. The number of halogens is 1. The maximum absolute atomic E-state index is 10.8. The van der Waals surface area contributed by atoms with E-state index in [2.05, 4.69) is 15.9 Å². The molecule has 0 bridgehead atoms. The third kappa shape index (κ3) is 2.16. The molecule has 0 saturated carbocycles. The van der Waals surface area contributed by atoms with Crippen LogP contribution in [0.2, 0.25) is 0 Å². The lowest BCUT2D eigenvalue weighted by Crippen LogP contribution is -2.51. The van der Waals surface area contributed by atoms with Crippen LogP contribution in [-0.4, -0.2) is 42.3 Å². The van der Waals surface area contributed by atoms with Crippen molar-refractivity contribution in [2.45, 2.75) is 25.4 Å². The Bertz CT molecular complexity index is 197. The van der Waals surface area contributed by atoms with E-state index in [9.17, 15) is 9.90 Å². The van der Waals surface area contributed by atoms with Crippen molar-refractivity contribution in [2.24, 2.45) is 11.8 Å². The summed E-state index contributed by atoms with van der Waals surface area (Å²) in [5.41, 5.74) is 0. The van der Waals surface area contributed by atoms with Gasteiger partial charge >= 0.3 is 0 Å². The Morgan fingerprint density at radius 3 is 2.71 bits per heavy atom. The number of ether oxygens (including phenoxy) is 2. The first-order valence-corrected chi connectivity index (χ1v) is 5.65. The summed E-state index contributed by atoms with van der Waals surface area (Å²) in [6.45, 7) is 1.83. The van der Waals surface area contributed by atoms with Gasteiger partial charge in [-0.1, -0.05) is 22.9 Å². The second-order valence-corrected chi connectivity index (χ2v) is 4.14. The summed E-state index contributed by atoms with van der Waals surface area (Å²) >= 11 is 3.28. The van der Waals surface area contributed by atoms with Gasteiger partial charge in [0.1, 0.15) is 12.4 Å². The number of carbonyl (C=O) groups excluding carboxylic acids is 1. The van der Waals surface area contributed by atoms with Gasteiger partial charge in [-0.2, -0.15) is 0 Å². The Morgan fingerprint density at radius 1 is 1.64 bits per heavy atom. The van der Waals surface area contributed by atoms with Crippen LogP contribution in [-0.2, 0) is 14.3 Å². The molecule has 0 aromatic heterocycles. The Kier molecular flexibility index (Phi) is 4.50. The summed E-state index contributed by atoms with van der Waals surface area (Å²) in [4.78, 5) is 10.8. The predicted octanol–water partition coefficient (Wildman–Crippen LogP) is 0.565. The fraction of sp³-hybridized carbons (Fsp3) is 0.889. The van der Waals surface area contributed by atoms with Gasteiger partial charge in [-0.3, -0.25) is 0 Å². The average molecular weight is 267 g/mol. The smallest absolute Gasteiger partial charge is 0.183 e. The largest absolute Gasteiger partial charge is 0.388 e. The van der Waals surface area contributed by atoms with Crippen molar-refractivity contribution in [2.75, 3.05) is 12.4 Å². The van der Waals surface area contributed by atoms with Crippen molar-refractivity contribution < 1.29 is 19.4 Å². The average Bonchev–Trinajstić information content (AvgIpc) is 2.21. The van der Waals surface area contributed by atoms with Crippen LogP contribution in [0.5, 0.6) is 0 Å². The fourth-order valence-electron chi connectivity index (χ4n) is 1.70. The monoisotopic (exact) mass is 266 g/mol. The highest BCUT2D eigenvalue weighted by molar-refractivity contribution is 9.09. The highest BCUT2D eigenvalue weighted by Crippen LogP contribution is 2.30. The number of carbonyl (C=O) groups is 1. The standard InChI is InChI=1S/C9H15BrO4/c1-5-6(4-11)7(3-10)14-9(13-2)8(5)12/h4-9,12H,3H2,1-2H3. The minimum atomic E-state index is -0.745. The zero-order chi connectivity index (χ0) is 10.7. The SMILES string of the molecule is COC1OC(CBr)C(C=O)C(C)C1O. The summed E-state index contributed by atoms with van der Waals surface area (Å²) in [5, 5.41) is 10.3. The molecule has 4 nitrogen and oxygen atoms in total. The maximum Gasteiger partial charge on any atom is 0.183 e. The number of methoxy groups -OCH3 is 1. The zero-order valence-electron chi connectivity index (χ0n) is 8.22. The van der Waals surface area contributed by atoms with E-state index in [-0.39, 0.29) is 17.9 Å². The molecule has 5 atom stereocenters. The van der Waals surface area contributed by atoms with Crippen LogP contribution in [0.15, 0.2) is 0 Å². The number of hydrogen-bond acceptors (Lipinski definition) is 4. The Morgan fingerprint density at radius 2 is 2.29 bits per heavy atom. The maximum atomic E-state index is 10.8. The van der Waals surface area contributed by atoms with Crippen LogP contribution in [0.25, 0.3) is 0 Å². The summed E-state index contributed by atoms with van der Waals surface area (Å²) in [6.07, 6.45) is -0.767. The van der Waals surface area contributed by atoms with E-state index in [1.54, 1.807) is 0 Å². The molecule has 0 aromatic carbocycles. The van der Waals surface area contributed by atoms with E-state index in [1.807, 2.05) is 6.92 Å². The molecule has 5 heteroatoms. The molecule has 1 aliphatic heterocycles. The van der Waals surface area contributed by atoms with Gasteiger partial charge in [0.25, 0.3) is 0 Å². The molecule has 1 heterocycles. The van der Waals surface area contributed by atoms with Crippen molar-refractivity contribution in [3.8, 4) is 0 Å². The molecule has 0 spiro atoms. The third-order valence-electron chi connectivity index (χ3n) is 2.70. The lowest BCUT2D eigenvalue weighted by molar-refractivity contribution is -0.252. The van der Waals surface area contributed by atoms with Crippen LogP contribution >= 0.6 is 15.9 Å². The van der Waals surface area contributed by atoms with E-state index < -0.39 is 12.4 Å². The third-order valence-corrected chi connectivity index (χ3v) is 3.34. The van der Waals surface area contributed by atoms with E-state index >= 15 is 0 Å². The van der Waals surface area contributed by atoms with Crippen LogP contribution in [0.1, 0.15) is 6.92 Å². The normalized spacial score (nSPS) is 43.6. The van der Waals surface area contributed by atoms with Crippen molar-refractivity contribution in [3.05, 3.63) is 0 Å². The second-order valence-electron chi connectivity index (χ2n) is 3.50. The molecule has 0 aliphatic carbocycles. The van der Waals surface area contributed by atoms with Crippen molar-refractivity contribution >= 4 is 22.2 Å². The van der Waals surface area contributed by atoms with E-state index in [1.165, 1.54) is 7.11 Å². The minimum Gasteiger partial charge on any atom is -0.388 e. The van der Waals surface area contributed by atoms with Gasteiger partial charge in [-0.05, 0) is 5.92 Å². The first-order chi connectivity index (χ1) is 6.65. The van der Waals surface area contributed by atoms with E-state index in [4.69, 9.17) is 9.47 Å². The van der Waals surface area contributed by atoms with Gasteiger partial charge < -0.3 is 19.4 Å². The highest BCUT2D eigenvalue weighted by atomic mass is 79.9. The lowest BCUT2D eigenvalue weighted by atomic mass is 9.84. The Labute approximate surface area is 91.7 Å². The zero-order valence-corrected chi connectivity index (χ0v) is 9.81. The van der Waals surface area contributed by atoms with Crippen molar-refractivity contribution in [1.29, 1.82) is 0 Å². The van der Waals surface area contributed by atoms with Gasteiger partial charge in [0.15, 0.2) is 6.29 Å². The van der Waals surface area contributed by atoms with Crippen LogP contribution in [0.4, 0.5) is 0 Å². The predicted molar refractivity (Wildman–Crippen MR) is 54.2 cm³/mol. The molecule has 14 heavy (non-hydrogen) atoms. The molecule has 5 unspecified atom stereocenters. The molecule has 1 fully saturated rings. The molecule has 82 valence electrons. The van der Waals surface area contributed by atoms with Gasteiger partial charge in [-0.15, -0.1) is 0 Å². The molecule has 1 N–H and O–H groups in total. The van der Waals surface area contributed by atoms with Gasteiger partial charge in [0.05, 0.1) is 6.10 Å². The lowest BCUT2D eigenvalue weighted by Gasteiger charge is -2.40. The van der Waals surface area contributed by atoms with Crippen LogP contribution in [0, 0.1) is 11.8 Å². The van der Waals surface area contributed by atoms with Gasteiger partial charge in [0.2, 0.25) is 0 Å². The quantitative estimate of drug-likeness (QED) is 0.600. The summed E-state index contributed by atoms with van der Waals surface area (Å²) in [6, 6.07) is 0. The summed E-state index contributed by atoms with van der Waals surface area (Å²) in [5.74, 6) is -0.426. The van der Waals surface area contributed by atoms with Crippen LogP contribution < -0.4 is 0 Å². The number of aldehydes is 1. The fourth-order valence-corrected chi connectivity index (χ4v) is 2.29. The Hall–Kier alpha value is 0.0300. The molecular formula is C9H15BrO4. The number of aliphatic hydroxyl groups is 1. The molecular weight excluding hydrogens is 252 g/mol. The van der Waals surface area contributed by atoms with Gasteiger partial charge in [-0.25, -0.2) is 0 Å². The first kappa shape index (κ1) is 12.1. The molecule has 0 aromatic rings. The topological polar surface area (TPSA) is 55.8 Å². The minimum absolute atomic E-state index is 0.145. The molecule has 1 rings (SSSR count). The number of hydrogen-bond donors (Lipinski definition) is 1. The van der Waals surface area contributed by atoms with E-state index in [0.29, 0.717) is 5.33 Å². The number of rotatable bonds is 3. The highest BCUT2D eigenvalue weighted by Gasteiger charge is 2.42. The number of aliphatic hydroxyl groups excluding tert-OH is 1. The van der Waals surface area contributed by atoms with Gasteiger partial charge in [0, 0.05) is 18.4 Å². The van der Waals surface area contributed by atoms with Crippen LogP contribution in [0.3, 0.4) is 0 Å². The molecule has 0 amide bonds. The molecule has 1 aliphatic rings. The summed E-state index contributed by atoms with van der Waals surface area (Å²) in [7, 11) is 1.48. The first-order valence-electron chi connectivity index (χ1n) is 4.53. The van der Waals surface area contributed by atoms with Crippen molar-refractivity contribution in [3.63, 3.8) is 0 Å². The second kappa shape index (κ2) is 5.21. The molecule has 1 saturated heterocycles. The van der Waals surface area contributed by atoms with Crippen molar-refractivity contribution in [1.82, 2.24) is 0 Å².